The van der Waals surface area contributed by atoms with Crippen LogP contribution in [0.2, 0.25) is 0 Å². The molecule has 0 bridgehead atoms. The third kappa shape index (κ3) is 5.43. The SMILES string of the molecule is CCOCC(=O)Nc1cc(C(=O)NCC2Cc3ccccc3CN2C)ccc1C. The van der Waals surface area contributed by atoms with Crippen molar-refractivity contribution in [1.82, 2.24) is 10.2 Å². The minimum absolute atomic E-state index is 0.00184. The van der Waals surface area contributed by atoms with Crippen molar-refractivity contribution >= 4 is 17.5 Å². The quantitative estimate of drug-likeness (QED) is 0.756. The van der Waals surface area contributed by atoms with Crippen molar-refractivity contribution < 1.29 is 14.3 Å². The summed E-state index contributed by atoms with van der Waals surface area (Å²) in [5.41, 5.74) is 4.75. The molecule has 0 radical (unpaired) electrons. The Hall–Kier alpha value is -2.70. The second-order valence-corrected chi connectivity index (χ2v) is 7.47. The van der Waals surface area contributed by atoms with Crippen LogP contribution in [0.1, 0.15) is 34.0 Å². The average molecular weight is 396 g/mol. The molecule has 2 amide bonds. The van der Waals surface area contributed by atoms with E-state index >= 15 is 0 Å². The van der Waals surface area contributed by atoms with Crippen LogP contribution in [0.15, 0.2) is 42.5 Å². The number of hydrogen-bond donors (Lipinski definition) is 2. The van der Waals surface area contributed by atoms with E-state index in [9.17, 15) is 9.59 Å². The Balaban J connectivity index is 1.61. The van der Waals surface area contributed by atoms with Gasteiger partial charge in [0.05, 0.1) is 0 Å². The number of likely N-dealkylation sites (N-methyl/N-ethyl adjacent to an activating group) is 1. The third-order valence-corrected chi connectivity index (χ3v) is 5.33. The van der Waals surface area contributed by atoms with Crippen LogP contribution in [0.3, 0.4) is 0 Å². The lowest BCUT2D eigenvalue weighted by atomic mass is 9.94. The van der Waals surface area contributed by atoms with Gasteiger partial charge in [-0.15, -0.1) is 0 Å². The first-order valence-corrected chi connectivity index (χ1v) is 10.0. The number of fused-ring (bicyclic) bond motifs is 1. The molecule has 6 nitrogen and oxygen atoms in total. The zero-order valence-electron chi connectivity index (χ0n) is 17.3. The number of nitrogens with one attached hydrogen (secondary N) is 2. The fourth-order valence-electron chi connectivity index (χ4n) is 3.54. The number of anilines is 1. The molecule has 0 saturated carbocycles. The second-order valence-electron chi connectivity index (χ2n) is 7.47. The number of aryl methyl sites for hydroxylation is 1. The van der Waals surface area contributed by atoms with Gasteiger partial charge in [-0.05, 0) is 56.1 Å². The Kier molecular flexibility index (Phi) is 7.01. The standard InChI is InChI=1S/C23H29N3O3/c1-4-29-15-22(27)25-21-12-18(10-9-16(21)2)23(28)24-13-20-11-17-7-5-6-8-19(17)14-26(20)3/h5-10,12,20H,4,11,13-15H2,1-3H3,(H,24,28)(H,25,27). The summed E-state index contributed by atoms with van der Waals surface area (Å²) in [6, 6.07) is 14.0. The smallest absolute Gasteiger partial charge is 0.251 e. The Morgan fingerprint density at radius 1 is 1.17 bits per heavy atom. The van der Waals surface area contributed by atoms with Crippen molar-refractivity contribution in [1.29, 1.82) is 0 Å². The van der Waals surface area contributed by atoms with E-state index in [-0.39, 0.29) is 24.5 Å². The molecule has 0 fully saturated rings. The molecular weight excluding hydrogens is 366 g/mol. The van der Waals surface area contributed by atoms with Gasteiger partial charge in [0, 0.05) is 37.0 Å². The van der Waals surface area contributed by atoms with Crippen LogP contribution in [0.4, 0.5) is 5.69 Å². The van der Waals surface area contributed by atoms with Crippen molar-refractivity contribution in [2.75, 3.05) is 32.1 Å². The number of carbonyl (C=O) groups excluding carboxylic acids is 2. The molecule has 0 aromatic heterocycles. The van der Waals surface area contributed by atoms with Gasteiger partial charge in [-0.25, -0.2) is 0 Å². The second kappa shape index (κ2) is 9.67. The molecule has 2 aromatic rings. The van der Waals surface area contributed by atoms with Gasteiger partial charge in [-0.3, -0.25) is 14.5 Å². The fourth-order valence-corrected chi connectivity index (χ4v) is 3.54. The van der Waals surface area contributed by atoms with Gasteiger partial charge in [-0.2, -0.15) is 0 Å². The van der Waals surface area contributed by atoms with Crippen LogP contribution in [-0.2, 0) is 22.5 Å². The van der Waals surface area contributed by atoms with E-state index in [0.29, 0.717) is 24.4 Å². The van der Waals surface area contributed by atoms with Gasteiger partial charge in [0.1, 0.15) is 6.61 Å². The number of rotatable bonds is 7. The van der Waals surface area contributed by atoms with Gasteiger partial charge < -0.3 is 15.4 Å². The van der Waals surface area contributed by atoms with Crippen LogP contribution < -0.4 is 10.6 Å². The summed E-state index contributed by atoms with van der Waals surface area (Å²) in [4.78, 5) is 26.9. The molecule has 6 heteroatoms. The lowest BCUT2D eigenvalue weighted by Gasteiger charge is -2.34. The Morgan fingerprint density at radius 3 is 2.69 bits per heavy atom. The molecule has 154 valence electrons. The van der Waals surface area contributed by atoms with Crippen LogP contribution in [-0.4, -0.2) is 49.6 Å². The number of hydrogen-bond acceptors (Lipinski definition) is 4. The van der Waals surface area contributed by atoms with E-state index in [1.165, 1.54) is 11.1 Å². The molecule has 1 unspecified atom stereocenters. The highest BCUT2D eigenvalue weighted by Gasteiger charge is 2.23. The predicted octanol–water partition coefficient (Wildman–Crippen LogP) is 2.76. The predicted molar refractivity (Wildman–Crippen MR) is 114 cm³/mol. The maximum Gasteiger partial charge on any atom is 0.251 e. The first kappa shape index (κ1) is 21.0. The largest absolute Gasteiger partial charge is 0.372 e. The van der Waals surface area contributed by atoms with E-state index in [2.05, 4.69) is 46.8 Å². The van der Waals surface area contributed by atoms with Gasteiger partial charge in [-0.1, -0.05) is 30.3 Å². The number of amides is 2. The van der Waals surface area contributed by atoms with Crippen molar-refractivity contribution in [2.24, 2.45) is 0 Å². The summed E-state index contributed by atoms with van der Waals surface area (Å²) < 4.78 is 5.13. The van der Waals surface area contributed by atoms with E-state index < -0.39 is 0 Å². The monoisotopic (exact) mass is 395 g/mol. The highest BCUT2D eigenvalue weighted by atomic mass is 16.5. The summed E-state index contributed by atoms with van der Waals surface area (Å²) in [5, 5.41) is 5.86. The van der Waals surface area contributed by atoms with Crippen molar-refractivity contribution in [3.63, 3.8) is 0 Å². The summed E-state index contributed by atoms with van der Waals surface area (Å²) >= 11 is 0. The van der Waals surface area contributed by atoms with Crippen molar-refractivity contribution in [2.45, 2.75) is 32.9 Å². The highest BCUT2D eigenvalue weighted by Crippen LogP contribution is 2.22. The number of nitrogens with zero attached hydrogens (tertiary/aromatic N) is 1. The molecule has 0 saturated heterocycles. The number of carbonyl (C=O) groups is 2. The molecule has 0 aliphatic carbocycles. The molecule has 1 aliphatic rings. The lowest BCUT2D eigenvalue weighted by Crippen LogP contribution is -2.45. The Morgan fingerprint density at radius 2 is 1.93 bits per heavy atom. The number of benzene rings is 2. The molecule has 2 N–H and O–H groups in total. The molecule has 0 spiro atoms. The zero-order valence-corrected chi connectivity index (χ0v) is 17.3. The molecular formula is C23H29N3O3. The highest BCUT2D eigenvalue weighted by molar-refractivity contribution is 5.98. The molecule has 1 atom stereocenters. The summed E-state index contributed by atoms with van der Waals surface area (Å²) in [6.07, 6.45) is 0.916. The fraction of sp³-hybridized carbons (Fsp3) is 0.391. The first-order valence-electron chi connectivity index (χ1n) is 10.0. The maximum atomic E-state index is 12.7. The van der Waals surface area contributed by atoms with E-state index in [0.717, 1.165) is 18.5 Å². The Bertz CT molecular complexity index is 881. The van der Waals surface area contributed by atoms with Crippen LogP contribution in [0, 0.1) is 6.92 Å². The normalized spacial score (nSPS) is 16.2. The summed E-state index contributed by atoms with van der Waals surface area (Å²) in [7, 11) is 2.09. The number of ether oxygens (including phenoxy) is 1. The van der Waals surface area contributed by atoms with E-state index in [4.69, 9.17) is 4.74 Å². The third-order valence-electron chi connectivity index (χ3n) is 5.33. The van der Waals surface area contributed by atoms with E-state index in [1.54, 1.807) is 12.1 Å². The minimum Gasteiger partial charge on any atom is -0.372 e. The topological polar surface area (TPSA) is 70.7 Å². The Labute approximate surface area is 172 Å². The van der Waals surface area contributed by atoms with Gasteiger partial charge >= 0.3 is 0 Å². The minimum atomic E-state index is -0.227. The first-order chi connectivity index (χ1) is 14.0. The van der Waals surface area contributed by atoms with Gasteiger partial charge in [0.25, 0.3) is 5.91 Å². The molecule has 2 aromatic carbocycles. The van der Waals surface area contributed by atoms with Crippen LogP contribution in [0.5, 0.6) is 0 Å². The van der Waals surface area contributed by atoms with Gasteiger partial charge in [0.15, 0.2) is 0 Å². The average Bonchev–Trinajstić information content (AvgIpc) is 2.72. The molecule has 29 heavy (non-hydrogen) atoms. The molecule has 1 heterocycles. The van der Waals surface area contributed by atoms with E-state index in [1.807, 2.05) is 19.9 Å². The maximum absolute atomic E-state index is 12.7. The molecule has 3 rings (SSSR count). The van der Waals surface area contributed by atoms with Crippen molar-refractivity contribution in [3.05, 3.63) is 64.7 Å². The van der Waals surface area contributed by atoms with Gasteiger partial charge in [0.2, 0.25) is 5.91 Å². The lowest BCUT2D eigenvalue weighted by molar-refractivity contribution is -0.120. The molecule has 1 aliphatic heterocycles. The van der Waals surface area contributed by atoms with Crippen LogP contribution in [0.25, 0.3) is 0 Å². The van der Waals surface area contributed by atoms with Crippen LogP contribution >= 0.6 is 0 Å². The summed E-state index contributed by atoms with van der Waals surface area (Å²) in [6.45, 7) is 5.68. The summed E-state index contributed by atoms with van der Waals surface area (Å²) in [5.74, 6) is -0.368. The van der Waals surface area contributed by atoms with Crippen molar-refractivity contribution in [3.8, 4) is 0 Å². The zero-order chi connectivity index (χ0) is 20.8.